The van der Waals surface area contributed by atoms with Crippen molar-refractivity contribution in [1.82, 2.24) is 14.6 Å². The Balaban J connectivity index is 1.32. The molecule has 2 aliphatic heterocycles. The lowest BCUT2D eigenvalue weighted by Gasteiger charge is -2.37. The van der Waals surface area contributed by atoms with Crippen LogP contribution >= 0.6 is 23.1 Å². The van der Waals surface area contributed by atoms with Crippen molar-refractivity contribution in [1.29, 1.82) is 0 Å². The average molecular weight is 412 g/mol. The van der Waals surface area contributed by atoms with E-state index in [0.29, 0.717) is 18.6 Å². The second kappa shape index (κ2) is 7.10. The Hall–Kier alpha value is -1.16. The zero-order valence-corrected chi connectivity index (χ0v) is 16.9. The van der Waals surface area contributed by atoms with Crippen molar-refractivity contribution in [3.05, 3.63) is 24.3 Å². The van der Waals surface area contributed by atoms with Crippen LogP contribution in [0, 0.1) is 0 Å². The number of nitrogens with one attached hydrogen (secondary N) is 1. The van der Waals surface area contributed by atoms with E-state index in [1.54, 1.807) is 15.6 Å². The van der Waals surface area contributed by atoms with Gasteiger partial charge < -0.3 is 5.32 Å². The third-order valence-corrected chi connectivity index (χ3v) is 8.56. The van der Waals surface area contributed by atoms with Crippen LogP contribution in [0.4, 0.5) is 0 Å². The molecule has 2 fully saturated rings. The highest BCUT2D eigenvalue weighted by molar-refractivity contribution is 8.01. The van der Waals surface area contributed by atoms with Gasteiger partial charge in [-0.1, -0.05) is 23.9 Å². The van der Waals surface area contributed by atoms with Gasteiger partial charge in [-0.2, -0.15) is 4.31 Å². The van der Waals surface area contributed by atoms with Gasteiger partial charge in [0.1, 0.15) is 0 Å². The van der Waals surface area contributed by atoms with Gasteiger partial charge in [-0.15, -0.1) is 11.3 Å². The van der Waals surface area contributed by atoms with Crippen molar-refractivity contribution in [2.75, 3.05) is 12.0 Å². The van der Waals surface area contributed by atoms with Gasteiger partial charge in [0.25, 0.3) is 0 Å². The van der Waals surface area contributed by atoms with Crippen LogP contribution in [0.5, 0.6) is 0 Å². The molecule has 2 atom stereocenters. The SMILES string of the molecule is CS(=O)(=O)N1C2CCC1CC(NC(=O)CSc1nc3ccccc3s1)C2. The highest BCUT2D eigenvalue weighted by atomic mass is 32.2. The number of piperidine rings is 1. The molecule has 0 spiro atoms. The lowest BCUT2D eigenvalue weighted by molar-refractivity contribution is -0.119. The molecule has 2 unspecified atom stereocenters. The van der Waals surface area contributed by atoms with E-state index >= 15 is 0 Å². The number of benzene rings is 1. The van der Waals surface area contributed by atoms with Gasteiger partial charge in [0, 0.05) is 18.1 Å². The van der Waals surface area contributed by atoms with Gasteiger partial charge in [-0.25, -0.2) is 13.4 Å². The molecule has 2 aromatic rings. The van der Waals surface area contributed by atoms with Crippen molar-refractivity contribution >= 4 is 49.2 Å². The third kappa shape index (κ3) is 3.76. The van der Waals surface area contributed by atoms with Crippen LogP contribution < -0.4 is 5.32 Å². The van der Waals surface area contributed by atoms with E-state index < -0.39 is 10.0 Å². The quantitative estimate of drug-likeness (QED) is 0.765. The normalized spacial score (nSPS) is 26.3. The summed E-state index contributed by atoms with van der Waals surface area (Å²) in [5.41, 5.74) is 0.963. The Labute approximate surface area is 161 Å². The number of carbonyl (C=O) groups excluding carboxylic acids is 1. The third-order valence-electron chi connectivity index (χ3n) is 5.02. The first kappa shape index (κ1) is 18.2. The molecule has 6 nitrogen and oxygen atoms in total. The minimum absolute atomic E-state index is 0.00791. The second-order valence-corrected chi connectivity index (χ2v) is 11.1. The number of aromatic nitrogens is 1. The summed E-state index contributed by atoms with van der Waals surface area (Å²) in [6.45, 7) is 0. The maximum Gasteiger partial charge on any atom is 0.230 e. The molecule has 2 aliphatic rings. The first-order valence-corrected chi connectivity index (χ1v) is 12.3. The van der Waals surface area contributed by atoms with Gasteiger partial charge in [0.15, 0.2) is 4.34 Å². The number of sulfonamides is 1. The maximum absolute atomic E-state index is 12.3. The van der Waals surface area contributed by atoms with Gasteiger partial charge in [0.05, 0.1) is 22.2 Å². The van der Waals surface area contributed by atoms with Crippen molar-refractivity contribution in [2.24, 2.45) is 0 Å². The Morgan fingerprint density at radius 1 is 1.31 bits per heavy atom. The smallest absolute Gasteiger partial charge is 0.230 e. The molecule has 26 heavy (non-hydrogen) atoms. The van der Waals surface area contributed by atoms with E-state index in [9.17, 15) is 13.2 Å². The molecule has 1 amide bonds. The molecular formula is C17H21N3O3S3. The van der Waals surface area contributed by atoms with Crippen LogP contribution in [-0.2, 0) is 14.8 Å². The number of nitrogens with zero attached hydrogens (tertiary/aromatic N) is 2. The van der Waals surface area contributed by atoms with Crippen molar-refractivity contribution in [3.63, 3.8) is 0 Å². The van der Waals surface area contributed by atoms with E-state index in [4.69, 9.17) is 0 Å². The van der Waals surface area contributed by atoms with E-state index in [2.05, 4.69) is 10.3 Å². The van der Waals surface area contributed by atoms with Crippen LogP contribution in [0.2, 0.25) is 0 Å². The number of thioether (sulfide) groups is 1. The number of carbonyl (C=O) groups is 1. The molecule has 4 rings (SSSR count). The Morgan fingerprint density at radius 2 is 2.00 bits per heavy atom. The number of hydrogen-bond acceptors (Lipinski definition) is 6. The van der Waals surface area contributed by atoms with E-state index in [-0.39, 0.29) is 24.0 Å². The molecule has 0 radical (unpaired) electrons. The van der Waals surface area contributed by atoms with Crippen LogP contribution in [0.15, 0.2) is 28.6 Å². The molecule has 1 aromatic heterocycles. The molecule has 0 saturated carbocycles. The zero-order valence-electron chi connectivity index (χ0n) is 14.4. The Bertz CT molecular complexity index is 880. The standard InChI is InChI=1S/C17H21N3O3S3/c1-26(22,23)20-12-6-7-13(20)9-11(8-12)18-16(21)10-24-17-19-14-4-2-3-5-15(14)25-17/h2-5,11-13H,6-10H2,1H3,(H,18,21). The van der Waals surface area contributed by atoms with Crippen LogP contribution in [-0.4, -0.2) is 53.7 Å². The fourth-order valence-corrected chi connectivity index (χ4v) is 7.45. The maximum atomic E-state index is 12.3. The summed E-state index contributed by atoms with van der Waals surface area (Å²) in [6, 6.07) is 8.08. The van der Waals surface area contributed by atoms with E-state index in [1.807, 2.05) is 24.3 Å². The number of hydrogen-bond donors (Lipinski definition) is 1. The number of amides is 1. The van der Waals surface area contributed by atoms with E-state index in [0.717, 1.165) is 27.4 Å². The highest BCUT2D eigenvalue weighted by Gasteiger charge is 2.45. The topological polar surface area (TPSA) is 79.4 Å². The Morgan fingerprint density at radius 3 is 2.65 bits per heavy atom. The molecular weight excluding hydrogens is 390 g/mol. The van der Waals surface area contributed by atoms with Crippen molar-refractivity contribution < 1.29 is 13.2 Å². The van der Waals surface area contributed by atoms with Gasteiger partial charge in [0.2, 0.25) is 15.9 Å². The monoisotopic (exact) mass is 411 g/mol. The molecule has 3 heterocycles. The summed E-state index contributed by atoms with van der Waals surface area (Å²) in [6.07, 6.45) is 4.49. The summed E-state index contributed by atoms with van der Waals surface area (Å²) in [5.74, 6) is 0.327. The first-order chi connectivity index (χ1) is 12.4. The summed E-state index contributed by atoms with van der Waals surface area (Å²) >= 11 is 3.05. The van der Waals surface area contributed by atoms with Crippen molar-refractivity contribution in [2.45, 2.75) is 48.1 Å². The highest BCUT2D eigenvalue weighted by Crippen LogP contribution is 2.37. The number of rotatable bonds is 5. The molecule has 1 N–H and O–H groups in total. The largest absolute Gasteiger partial charge is 0.353 e. The predicted octanol–water partition coefficient (Wildman–Crippen LogP) is 2.46. The fraction of sp³-hybridized carbons (Fsp3) is 0.529. The molecule has 2 saturated heterocycles. The first-order valence-electron chi connectivity index (χ1n) is 8.66. The minimum atomic E-state index is -3.16. The summed E-state index contributed by atoms with van der Waals surface area (Å²) < 4.78 is 27.6. The molecule has 1 aromatic carbocycles. The predicted molar refractivity (Wildman–Crippen MR) is 105 cm³/mol. The molecule has 0 aliphatic carbocycles. The lowest BCUT2D eigenvalue weighted by Crippen LogP contribution is -2.52. The van der Waals surface area contributed by atoms with Gasteiger partial charge in [-0.05, 0) is 37.8 Å². The number of para-hydroxylation sites is 1. The summed E-state index contributed by atoms with van der Waals surface area (Å²) in [5, 5.41) is 3.09. The summed E-state index contributed by atoms with van der Waals surface area (Å²) in [7, 11) is -3.16. The fourth-order valence-electron chi connectivity index (χ4n) is 4.10. The minimum Gasteiger partial charge on any atom is -0.353 e. The van der Waals surface area contributed by atoms with Gasteiger partial charge >= 0.3 is 0 Å². The van der Waals surface area contributed by atoms with Crippen LogP contribution in [0.25, 0.3) is 10.2 Å². The molecule has 2 bridgehead atoms. The van der Waals surface area contributed by atoms with Crippen LogP contribution in [0.1, 0.15) is 25.7 Å². The second-order valence-electron chi connectivity index (χ2n) is 6.95. The van der Waals surface area contributed by atoms with E-state index in [1.165, 1.54) is 18.0 Å². The average Bonchev–Trinajstić information content (AvgIpc) is 3.11. The number of fused-ring (bicyclic) bond motifs is 3. The number of thiazole rings is 1. The lowest BCUT2D eigenvalue weighted by atomic mass is 10.00. The molecule has 9 heteroatoms. The van der Waals surface area contributed by atoms with Crippen LogP contribution in [0.3, 0.4) is 0 Å². The Kier molecular flexibility index (Phi) is 4.98. The van der Waals surface area contributed by atoms with Crippen molar-refractivity contribution in [3.8, 4) is 0 Å². The molecule has 140 valence electrons. The zero-order chi connectivity index (χ0) is 18.3. The van der Waals surface area contributed by atoms with Gasteiger partial charge in [-0.3, -0.25) is 4.79 Å². The summed E-state index contributed by atoms with van der Waals surface area (Å²) in [4.78, 5) is 16.9.